The molecule has 0 amide bonds. The van der Waals surface area contributed by atoms with Crippen LogP contribution in [0.25, 0.3) is 0 Å². The van der Waals surface area contributed by atoms with Crippen LogP contribution in [0, 0.1) is 5.92 Å². The maximum absolute atomic E-state index is 13.0. The van der Waals surface area contributed by atoms with Gasteiger partial charge in [0.25, 0.3) is 0 Å². The van der Waals surface area contributed by atoms with Gasteiger partial charge in [-0.15, -0.1) is 0 Å². The molecule has 0 aromatic heterocycles. The smallest absolute Gasteiger partial charge is 0.316 e. The molecule has 2 bridgehead atoms. The normalized spacial score (nSPS) is 29.4. The number of fused-ring (bicyclic) bond motifs is 2. The molecule has 2 fully saturated rings. The summed E-state index contributed by atoms with van der Waals surface area (Å²) in [5.41, 5.74) is 1.26. The van der Waals surface area contributed by atoms with Crippen molar-refractivity contribution in [2.75, 3.05) is 7.05 Å². The molecular formula is C21H23NO2. The van der Waals surface area contributed by atoms with E-state index in [9.17, 15) is 4.79 Å². The zero-order valence-electron chi connectivity index (χ0n) is 14.0. The van der Waals surface area contributed by atoms with E-state index in [1.165, 1.54) is 12.0 Å². The summed E-state index contributed by atoms with van der Waals surface area (Å²) in [7, 11) is 2.16. The molecule has 124 valence electrons. The number of benzene rings is 2. The van der Waals surface area contributed by atoms with Gasteiger partial charge in [0.1, 0.15) is 5.75 Å². The summed E-state index contributed by atoms with van der Waals surface area (Å²) in [6.45, 7) is 0. The lowest BCUT2D eigenvalue weighted by Gasteiger charge is -2.41. The van der Waals surface area contributed by atoms with Crippen LogP contribution < -0.4 is 4.74 Å². The van der Waals surface area contributed by atoms with E-state index in [1.807, 2.05) is 36.4 Å². The Labute approximate surface area is 143 Å². The number of carbonyl (C=O) groups is 1. The van der Waals surface area contributed by atoms with E-state index >= 15 is 0 Å². The second kappa shape index (κ2) is 6.40. The highest BCUT2D eigenvalue weighted by atomic mass is 16.5. The summed E-state index contributed by atoms with van der Waals surface area (Å²) >= 11 is 0. The van der Waals surface area contributed by atoms with E-state index in [1.54, 1.807) is 0 Å². The number of esters is 1. The molecule has 0 radical (unpaired) electrons. The third-order valence-corrected chi connectivity index (χ3v) is 5.73. The first-order valence-electron chi connectivity index (χ1n) is 8.77. The first-order chi connectivity index (χ1) is 11.7. The fraction of sp³-hybridized carbons (Fsp3) is 0.381. The Kier molecular flexibility index (Phi) is 4.11. The monoisotopic (exact) mass is 321 g/mol. The molecular weight excluding hydrogens is 298 g/mol. The molecule has 4 rings (SSSR count). The predicted octanol–water partition coefficient (Wildman–Crippen LogP) is 3.86. The van der Waals surface area contributed by atoms with E-state index in [0.717, 1.165) is 12.8 Å². The summed E-state index contributed by atoms with van der Waals surface area (Å²) in [6, 6.07) is 20.8. The van der Waals surface area contributed by atoms with Crippen molar-refractivity contribution in [3.8, 4) is 5.75 Å². The summed E-state index contributed by atoms with van der Waals surface area (Å²) in [6.07, 6.45) is 3.30. The molecule has 2 unspecified atom stereocenters. The lowest BCUT2D eigenvalue weighted by molar-refractivity contribution is -0.143. The first-order valence-corrected chi connectivity index (χ1v) is 8.77. The highest BCUT2D eigenvalue weighted by Crippen LogP contribution is 2.46. The van der Waals surface area contributed by atoms with Gasteiger partial charge >= 0.3 is 5.97 Å². The van der Waals surface area contributed by atoms with Gasteiger partial charge in [-0.3, -0.25) is 9.69 Å². The third kappa shape index (κ3) is 2.73. The van der Waals surface area contributed by atoms with E-state index in [-0.39, 0.29) is 23.8 Å². The second-order valence-corrected chi connectivity index (χ2v) is 6.98. The van der Waals surface area contributed by atoms with Crippen LogP contribution in [0.4, 0.5) is 0 Å². The maximum atomic E-state index is 13.0. The number of para-hydroxylation sites is 1. The minimum atomic E-state index is -0.101. The summed E-state index contributed by atoms with van der Waals surface area (Å²) < 4.78 is 5.74. The zero-order chi connectivity index (χ0) is 16.5. The van der Waals surface area contributed by atoms with E-state index in [0.29, 0.717) is 11.8 Å². The molecule has 24 heavy (non-hydrogen) atoms. The van der Waals surface area contributed by atoms with Crippen LogP contribution in [0.1, 0.15) is 30.7 Å². The quantitative estimate of drug-likeness (QED) is 0.635. The molecule has 0 saturated carbocycles. The van der Waals surface area contributed by atoms with Gasteiger partial charge in [-0.25, -0.2) is 0 Å². The van der Waals surface area contributed by atoms with Crippen LogP contribution in [-0.2, 0) is 4.79 Å². The maximum Gasteiger partial charge on any atom is 0.316 e. The fourth-order valence-electron chi connectivity index (χ4n) is 4.50. The van der Waals surface area contributed by atoms with Crippen molar-refractivity contribution in [2.24, 2.45) is 5.92 Å². The van der Waals surface area contributed by atoms with Crippen molar-refractivity contribution < 1.29 is 9.53 Å². The van der Waals surface area contributed by atoms with Crippen molar-refractivity contribution in [3.05, 3.63) is 66.2 Å². The second-order valence-electron chi connectivity index (χ2n) is 6.98. The van der Waals surface area contributed by atoms with Gasteiger partial charge in [-0.1, -0.05) is 48.5 Å². The Morgan fingerprint density at radius 3 is 2.38 bits per heavy atom. The minimum Gasteiger partial charge on any atom is -0.426 e. The Bertz CT molecular complexity index is 700. The molecule has 2 aliphatic rings. The summed E-state index contributed by atoms with van der Waals surface area (Å²) in [5.74, 6) is 0.691. The van der Waals surface area contributed by atoms with Crippen LogP contribution in [0.2, 0.25) is 0 Å². The highest BCUT2D eigenvalue weighted by molar-refractivity contribution is 5.77. The Morgan fingerprint density at radius 2 is 1.67 bits per heavy atom. The Hall–Kier alpha value is -2.13. The molecule has 2 saturated heterocycles. The van der Waals surface area contributed by atoms with Crippen molar-refractivity contribution in [3.63, 3.8) is 0 Å². The predicted molar refractivity (Wildman–Crippen MR) is 93.9 cm³/mol. The van der Waals surface area contributed by atoms with Crippen LogP contribution in [0.3, 0.4) is 0 Å². The van der Waals surface area contributed by atoms with Gasteiger partial charge in [-0.2, -0.15) is 0 Å². The van der Waals surface area contributed by atoms with Gasteiger partial charge in [-0.05, 0) is 44.0 Å². The minimum absolute atomic E-state index is 0.0905. The lowest BCUT2D eigenvalue weighted by Crippen LogP contribution is -2.49. The number of piperidine rings is 1. The van der Waals surface area contributed by atoms with Crippen LogP contribution in [0.15, 0.2) is 60.7 Å². The van der Waals surface area contributed by atoms with E-state index in [2.05, 4.69) is 36.2 Å². The van der Waals surface area contributed by atoms with Crippen LogP contribution in [-0.4, -0.2) is 30.0 Å². The number of hydrogen-bond donors (Lipinski definition) is 0. The molecule has 0 N–H and O–H groups in total. The fourth-order valence-corrected chi connectivity index (χ4v) is 4.50. The first kappa shape index (κ1) is 15.4. The Balaban J connectivity index is 1.64. The molecule has 0 aliphatic carbocycles. The summed E-state index contributed by atoms with van der Waals surface area (Å²) in [5, 5.41) is 0. The molecule has 2 aromatic rings. The molecule has 0 spiro atoms. The lowest BCUT2D eigenvalue weighted by atomic mass is 9.76. The van der Waals surface area contributed by atoms with Gasteiger partial charge in [0.2, 0.25) is 0 Å². The van der Waals surface area contributed by atoms with Gasteiger partial charge < -0.3 is 4.74 Å². The van der Waals surface area contributed by atoms with E-state index in [4.69, 9.17) is 4.74 Å². The van der Waals surface area contributed by atoms with Crippen molar-refractivity contribution in [1.29, 1.82) is 0 Å². The van der Waals surface area contributed by atoms with Gasteiger partial charge in [0.15, 0.2) is 0 Å². The standard InChI is InChI=1S/C21H23NO2/c1-22-16-12-13-19(22)20(18(14-16)15-8-4-2-5-9-15)21(23)24-17-10-6-3-7-11-17/h2-11,16,18-20H,12-14H2,1H3/t16-,18-,19?,20?/m1/s1. The molecule has 2 aromatic carbocycles. The largest absolute Gasteiger partial charge is 0.426 e. The number of hydrogen-bond acceptors (Lipinski definition) is 3. The van der Waals surface area contributed by atoms with Crippen LogP contribution in [0.5, 0.6) is 5.75 Å². The number of nitrogens with zero attached hydrogens (tertiary/aromatic N) is 1. The zero-order valence-corrected chi connectivity index (χ0v) is 14.0. The number of carbonyl (C=O) groups excluding carboxylic acids is 1. The molecule has 2 heterocycles. The summed E-state index contributed by atoms with van der Waals surface area (Å²) in [4.78, 5) is 15.4. The average molecular weight is 321 g/mol. The SMILES string of the molecule is CN1C2CC[C@@H]1C[C@H](c1ccccc1)C2C(=O)Oc1ccccc1. The van der Waals surface area contributed by atoms with Crippen molar-refractivity contribution in [2.45, 2.75) is 37.3 Å². The molecule has 2 aliphatic heterocycles. The number of rotatable bonds is 3. The van der Waals surface area contributed by atoms with E-state index < -0.39 is 0 Å². The molecule has 3 nitrogen and oxygen atoms in total. The van der Waals surface area contributed by atoms with Crippen LogP contribution >= 0.6 is 0 Å². The Morgan fingerprint density at radius 1 is 1.00 bits per heavy atom. The van der Waals surface area contributed by atoms with Crippen molar-refractivity contribution >= 4 is 5.97 Å². The molecule has 4 atom stereocenters. The van der Waals surface area contributed by atoms with Gasteiger partial charge in [0.05, 0.1) is 5.92 Å². The highest BCUT2D eigenvalue weighted by Gasteiger charge is 2.49. The van der Waals surface area contributed by atoms with Gasteiger partial charge in [0, 0.05) is 18.0 Å². The average Bonchev–Trinajstić information content (AvgIpc) is 2.85. The van der Waals surface area contributed by atoms with Crippen molar-refractivity contribution in [1.82, 2.24) is 4.90 Å². The third-order valence-electron chi connectivity index (χ3n) is 5.73. The topological polar surface area (TPSA) is 29.5 Å². The molecule has 3 heteroatoms. The number of ether oxygens (including phenoxy) is 1.